The van der Waals surface area contributed by atoms with Crippen LogP contribution in [0.4, 0.5) is 23.0 Å². The van der Waals surface area contributed by atoms with Gasteiger partial charge in [0.2, 0.25) is 0 Å². The van der Waals surface area contributed by atoms with Crippen LogP contribution in [0.15, 0.2) is 54.6 Å². The largest absolute Gasteiger partial charge is 0.491 e. The Morgan fingerprint density at radius 3 is 2.59 bits per heavy atom. The Kier molecular flexibility index (Phi) is 4.67. The van der Waals surface area contributed by atoms with Gasteiger partial charge in [0.1, 0.15) is 23.2 Å². The number of fused-ring (bicyclic) bond motifs is 1. The summed E-state index contributed by atoms with van der Waals surface area (Å²) in [5.74, 6) is 3.33. The quantitative estimate of drug-likeness (QED) is 0.693. The molecule has 3 aromatic rings. The molecule has 0 saturated heterocycles. The molecule has 1 N–H and O–H groups in total. The molecule has 0 amide bonds. The Morgan fingerprint density at radius 2 is 1.81 bits per heavy atom. The van der Waals surface area contributed by atoms with E-state index < -0.39 is 0 Å². The lowest BCUT2D eigenvalue weighted by Crippen LogP contribution is -2.16. The van der Waals surface area contributed by atoms with Crippen molar-refractivity contribution in [2.75, 3.05) is 16.8 Å². The minimum atomic E-state index is 0.166. The third kappa shape index (κ3) is 3.87. The summed E-state index contributed by atoms with van der Waals surface area (Å²) < 4.78 is 5.70. The van der Waals surface area contributed by atoms with Gasteiger partial charge in [0.05, 0.1) is 6.10 Å². The normalized spacial score (nSPS) is 13.0. The zero-order chi connectivity index (χ0) is 18.8. The molecule has 0 radical (unpaired) electrons. The summed E-state index contributed by atoms with van der Waals surface area (Å²) >= 11 is 0. The number of benzene rings is 2. The maximum absolute atomic E-state index is 5.70. The van der Waals surface area contributed by atoms with E-state index in [1.165, 1.54) is 11.3 Å². The number of hydrogen-bond donors (Lipinski definition) is 1. The van der Waals surface area contributed by atoms with Gasteiger partial charge in [-0.05, 0) is 63.1 Å². The molecular formula is C22H24N4O. The van der Waals surface area contributed by atoms with Crippen LogP contribution in [0.5, 0.6) is 5.75 Å². The van der Waals surface area contributed by atoms with Gasteiger partial charge in [0, 0.05) is 24.0 Å². The average Bonchev–Trinajstić information content (AvgIpc) is 3.07. The summed E-state index contributed by atoms with van der Waals surface area (Å²) in [6.07, 6.45) is 1.21. The summed E-state index contributed by atoms with van der Waals surface area (Å²) in [6, 6.07) is 18.4. The van der Waals surface area contributed by atoms with Gasteiger partial charge >= 0.3 is 0 Å². The number of nitrogens with zero attached hydrogens (tertiary/aromatic N) is 3. The van der Waals surface area contributed by atoms with Crippen LogP contribution in [0.1, 0.15) is 25.2 Å². The summed E-state index contributed by atoms with van der Waals surface area (Å²) in [6.45, 7) is 6.91. The highest BCUT2D eigenvalue weighted by Crippen LogP contribution is 2.34. The zero-order valence-corrected chi connectivity index (χ0v) is 15.9. The minimum absolute atomic E-state index is 0.166. The standard InChI is InChI=1S/C22H24N4O/c1-15(2)27-19-10-8-18(9-11-19)25-21-14-22(24-16(3)23-21)26-13-12-17-6-4-5-7-20(17)26/h4-11,14-15H,12-13H2,1-3H3,(H,23,24,25). The van der Waals surface area contributed by atoms with Crippen molar-refractivity contribution in [2.45, 2.75) is 33.3 Å². The van der Waals surface area contributed by atoms with Crippen LogP contribution in [0.2, 0.25) is 0 Å². The second kappa shape index (κ2) is 7.27. The van der Waals surface area contributed by atoms with Crippen molar-refractivity contribution in [3.8, 4) is 5.75 Å². The highest BCUT2D eigenvalue weighted by molar-refractivity contribution is 5.70. The summed E-state index contributed by atoms with van der Waals surface area (Å²) in [5.41, 5.74) is 3.57. The van der Waals surface area contributed by atoms with E-state index in [4.69, 9.17) is 4.74 Å². The number of aromatic nitrogens is 2. The van der Waals surface area contributed by atoms with E-state index in [2.05, 4.69) is 44.5 Å². The predicted octanol–water partition coefficient (Wildman–Crippen LogP) is 5.01. The molecule has 0 aliphatic carbocycles. The first-order valence-corrected chi connectivity index (χ1v) is 9.33. The van der Waals surface area contributed by atoms with E-state index in [-0.39, 0.29) is 6.10 Å². The van der Waals surface area contributed by atoms with Crippen molar-refractivity contribution in [3.05, 3.63) is 66.0 Å². The Morgan fingerprint density at radius 1 is 1.04 bits per heavy atom. The monoisotopic (exact) mass is 360 g/mol. The van der Waals surface area contributed by atoms with Gasteiger partial charge in [-0.1, -0.05) is 18.2 Å². The van der Waals surface area contributed by atoms with Crippen molar-refractivity contribution < 1.29 is 4.74 Å². The number of para-hydroxylation sites is 1. The molecule has 0 spiro atoms. The molecule has 0 saturated carbocycles. The van der Waals surface area contributed by atoms with E-state index in [0.717, 1.165) is 41.9 Å². The molecule has 2 aromatic carbocycles. The molecule has 5 heteroatoms. The Labute approximate surface area is 160 Å². The van der Waals surface area contributed by atoms with E-state index in [1.54, 1.807) is 0 Å². The average molecular weight is 360 g/mol. The second-order valence-corrected chi connectivity index (χ2v) is 7.00. The lowest BCUT2D eigenvalue weighted by atomic mass is 10.2. The second-order valence-electron chi connectivity index (χ2n) is 7.00. The fourth-order valence-corrected chi connectivity index (χ4v) is 3.37. The lowest BCUT2D eigenvalue weighted by Gasteiger charge is -2.19. The lowest BCUT2D eigenvalue weighted by molar-refractivity contribution is 0.242. The third-order valence-corrected chi connectivity index (χ3v) is 4.49. The van der Waals surface area contributed by atoms with Gasteiger partial charge in [0.25, 0.3) is 0 Å². The number of hydrogen-bond acceptors (Lipinski definition) is 5. The van der Waals surface area contributed by atoms with Crippen LogP contribution in [0.3, 0.4) is 0 Å². The molecule has 0 unspecified atom stereocenters. The minimum Gasteiger partial charge on any atom is -0.491 e. The fourth-order valence-electron chi connectivity index (χ4n) is 3.37. The number of nitrogens with one attached hydrogen (secondary N) is 1. The highest BCUT2D eigenvalue weighted by Gasteiger charge is 2.21. The first kappa shape index (κ1) is 17.3. The van der Waals surface area contributed by atoms with Gasteiger partial charge < -0.3 is 15.0 Å². The molecule has 1 aromatic heterocycles. The summed E-state index contributed by atoms with van der Waals surface area (Å²) in [7, 11) is 0. The first-order chi connectivity index (χ1) is 13.1. The van der Waals surface area contributed by atoms with Crippen molar-refractivity contribution in [3.63, 3.8) is 0 Å². The highest BCUT2D eigenvalue weighted by atomic mass is 16.5. The van der Waals surface area contributed by atoms with E-state index in [1.807, 2.05) is 51.1 Å². The van der Waals surface area contributed by atoms with Crippen LogP contribution in [0.25, 0.3) is 0 Å². The van der Waals surface area contributed by atoms with Gasteiger partial charge in [-0.25, -0.2) is 9.97 Å². The van der Waals surface area contributed by atoms with Crippen molar-refractivity contribution >= 4 is 23.0 Å². The Hall–Kier alpha value is -3.08. The molecule has 138 valence electrons. The number of ether oxygens (including phenoxy) is 1. The van der Waals surface area contributed by atoms with E-state index in [9.17, 15) is 0 Å². The number of aryl methyl sites for hydroxylation is 1. The van der Waals surface area contributed by atoms with Crippen LogP contribution in [0, 0.1) is 6.92 Å². The van der Waals surface area contributed by atoms with Crippen molar-refractivity contribution in [2.24, 2.45) is 0 Å². The van der Waals surface area contributed by atoms with Crippen molar-refractivity contribution in [1.29, 1.82) is 0 Å². The molecule has 1 aliphatic rings. The van der Waals surface area contributed by atoms with Gasteiger partial charge in [-0.3, -0.25) is 0 Å². The molecule has 27 heavy (non-hydrogen) atoms. The van der Waals surface area contributed by atoms with Crippen LogP contribution < -0.4 is 15.0 Å². The summed E-state index contributed by atoms with van der Waals surface area (Å²) in [4.78, 5) is 11.5. The van der Waals surface area contributed by atoms with Crippen LogP contribution >= 0.6 is 0 Å². The molecule has 5 nitrogen and oxygen atoms in total. The topological polar surface area (TPSA) is 50.3 Å². The SMILES string of the molecule is Cc1nc(Nc2ccc(OC(C)C)cc2)cc(N2CCc3ccccc32)n1. The van der Waals surface area contributed by atoms with E-state index >= 15 is 0 Å². The molecule has 2 heterocycles. The Bertz CT molecular complexity index is 937. The number of anilines is 4. The smallest absolute Gasteiger partial charge is 0.138 e. The third-order valence-electron chi connectivity index (χ3n) is 4.49. The Balaban J connectivity index is 1.56. The maximum atomic E-state index is 5.70. The van der Waals surface area contributed by atoms with Gasteiger partial charge in [0.15, 0.2) is 0 Å². The fraction of sp³-hybridized carbons (Fsp3) is 0.273. The first-order valence-electron chi connectivity index (χ1n) is 9.33. The maximum Gasteiger partial charge on any atom is 0.138 e. The summed E-state index contributed by atoms with van der Waals surface area (Å²) in [5, 5.41) is 3.38. The molecule has 1 aliphatic heterocycles. The molecular weight excluding hydrogens is 336 g/mol. The predicted molar refractivity (Wildman–Crippen MR) is 109 cm³/mol. The number of rotatable bonds is 5. The van der Waals surface area contributed by atoms with Crippen LogP contribution in [-0.4, -0.2) is 22.6 Å². The molecule has 0 atom stereocenters. The van der Waals surface area contributed by atoms with Crippen molar-refractivity contribution in [1.82, 2.24) is 9.97 Å². The van der Waals surface area contributed by atoms with E-state index in [0.29, 0.717) is 0 Å². The molecule has 0 bridgehead atoms. The zero-order valence-electron chi connectivity index (χ0n) is 15.9. The van der Waals surface area contributed by atoms with Crippen LogP contribution in [-0.2, 0) is 6.42 Å². The molecule has 4 rings (SSSR count). The molecule has 0 fully saturated rings. The van der Waals surface area contributed by atoms with Gasteiger partial charge in [-0.15, -0.1) is 0 Å². The van der Waals surface area contributed by atoms with Gasteiger partial charge in [-0.2, -0.15) is 0 Å².